The van der Waals surface area contributed by atoms with E-state index in [1.807, 2.05) is 12.1 Å². The molecular formula is C23H21F3N4O4. The van der Waals surface area contributed by atoms with Crippen LogP contribution in [0.5, 0.6) is 0 Å². The Labute approximate surface area is 192 Å². The number of halogens is 3. The van der Waals surface area contributed by atoms with Gasteiger partial charge in [0, 0.05) is 24.2 Å². The molecule has 0 saturated heterocycles. The summed E-state index contributed by atoms with van der Waals surface area (Å²) in [5, 5.41) is 20.8. The molecule has 0 atom stereocenters. The van der Waals surface area contributed by atoms with E-state index in [9.17, 15) is 22.8 Å². The van der Waals surface area contributed by atoms with Gasteiger partial charge in [-0.25, -0.2) is 13.2 Å². The maximum atomic E-state index is 13.8. The number of anilines is 3. The average molecular weight is 474 g/mol. The minimum Gasteiger partial charge on any atom is -0.481 e. The van der Waals surface area contributed by atoms with Crippen LogP contribution < -0.4 is 10.6 Å². The highest BCUT2D eigenvalue weighted by atomic mass is 19.1. The monoisotopic (exact) mass is 474 g/mol. The smallest absolute Gasteiger partial charge is 0.320 e. The second-order valence-electron chi connectivity index (χ2n) is 8.17. The molecule has 8 nitrogen and oxygen atoms in total. The highest BCUT2D eigenvalue weighted by Crippen LogP contribution is 2.37. The van der Waals surface area contributed by atoms with E-state index in [2.05, 4.69) is 20.8 Å². The van der Waals surface area contributed by atoms with E-state index in [1.54, 1.807) is 12.1 Å². The molecule has 1 aliphatic carbocycles. The van der Waals surface area contributed by atoms with Gasteiger partial charge in [-0.05, 0) is 55.2 Å². The second-order valence-corrected chi connectivity index (χ2v) is 8.17. The summed E-state index contributed by atoms with van der Waals surface area (Å²) in [5.41, 5.74) is 0.903. The van der Waals surface area contributed by atoms with Crippen molar-refractivity contribution in [3.05, 3.63) is 65.3 Å². The van der Waals surface area contributed by atoms with Crippen LogP contribution in [0.1, 0.15) is 54.3 Å². The number of carbonyl (C=O) groups is 2. The fraction of sp³-hybridized carbons (Fsp3) is 0.304. The van der Waals surface area contributed by atoms with E-state index in [0.29, 0.717) is 23.7 Å². The molecule has 0 radical (unpaired) electrons. The Hall–Kier alpha value is -3.89. The Balaban J connectivity index is 1.34. The van der Waals surface area contributed by atoms with Crippen LogP contribution in [0.2, 0.25) is 0 Å². The zero-order chi connectivity index (χ0) is 24.2. The molecule has 3 N–H and O–H groups in total. The van der Waals surface area contributed by atoms with Crippen molar-refractivity contribution in [3.8, 4) is 0 Å². The van der Waals surface area contributed by atoms with Gasteiger partial charge in [0.05, 0.1) is 0 Å². The summed E-state index contributed by atoms with van der Waals surface area (Å²) in [7, 11) is 0. The largest absolute Gasteiger partial charge is 0.481 e. The third kappa shape index (κ3) is 5.53. The molecule has 1 heterocycles. The number of nitrogens with zero attached hydrogens (tertiary/aromatic N) is 2. The van der Waals surface area contributed by atoms with Crippen molar-refractivity contribution in [3.63, 3.8) is 0 Å². The van der Waals surface area contributed by atoms with Crippen LogP contribution in [0.15, 0.2) is 40.8 Å². The zero-order valence-corrected chi connectivity index (χ0v) is 17.9. The van der Waals surface area contributed by atoms with Gasteiger partial charge < -0.3 is 20.2 Å². The van der Waals surface area contributed by atoms with Gasteiger partial charge in [0.25, 0.3) is 0 Å². The number of carbonyl (C=O) groups excluding carboxylic acids is 1. The molecule has 3 aromatic rings. The van der Waals surface area contributed by atoms with Crippen LogP contribution in [-0.4, -0.2) is 27.2 Å². The average Bonchev–Trinajstić information content (AvgIpc) is 3.26. The quantitative estimate of drug-likeness (QED) is 0.429. The maximum Gasteiger partial charge on any atom is 0.320 e. The number of aromatic nitrogens is 2. The van der Waals surface area contributed by atoms with Crippen molar-refractivity contribution >= 4 is 29.3 Å². The van der Waals surface area contributed by atoms with Crippen LogP contribution in [0.3, 0.4) is 0 Å². The Bertz CT molecular complexity index is 1170. The lowest BCUT2D eigenvalue weighted by Gasteiger charge is -2.28. The standard InChI is InChI=1S/C23H21F3N4O4/c24-15-10-17(25)20(18(26)11-15)28-23-30-29-22(34-23)21(33)27-16-7-5-14(6-8-16)13-3-1-12(2-4-13)9-19(31)32/h5-8,10-13H,1-4,9H2,(H,27,33)(H,28,30)(H,31,32). The molecule has 11 heteroatoms. The van der Waals surface area contributed by atoms with Crippen molar-refractivity contribution in [2.75, 3.05) is 10.6 Å². The molecule has 0 unspecified atom stereocenters. The Kier molecular flexibility index (Phi) is 6.80. The Morgan fingerprint density at radius 3 is 2.26 bits per heavy atom. The summed E-state index contributed by atoms with van der Waals surface area (Å²) in [4.78, 5) is 23.3. The number of aliphatic carboxylic acids is 1. The van der Waals surface area contributed by atoms with Gasteiger partial charge in [-0.1, -0.05) is 17.2 Å². The molecule has 178 valence electrons. The van der Waals surface area contributed by atoms with Gasteiger partial charge >= 0.3 is 23.8 Å². The Morgan fingerprint density at radius 2 is 1.65 bits per heavy atom. The van der Waals surface area contributed by atoms with Crippen LogP contribution in [0.25, 0.3) is 0 Å². The predicted octanol–water partition coefficient (Wildman–Crippen LogP) is 5.23. The summed E-state index contributed by atoms with van der Waals surface area (Å²) >= 11 is 0. The summed E-state index contributed by atoms with van der Waals surface area (Å²) in [6, 6.07) is 7.80. The molecule has 1 aromatic heterocycles. The predicted molar refractivity (Wildman–Crippen MR) is 115 cm³/mol. The fourth-order valence-corrected chi connectivity index (χ4v) is 4.10. The first-order valence-corrected chi connectivity index (χ1v) is 10.7. The molecule has 0 spiro atoms. The minimum absolute atomic E-state index is 0.207. The molecule has 0 bridgehead atoms. The Morgan fingerprint density at radius 1 is 1.00 bits per heavy atom. The van der Waals surface area contributed by atoms with Crippen LogP contribution in [0, 0.1) is 23.4 Å². The molecule has 0 aliphatic heterocycles. The van der Waals surface area contributed by atoms with E-state index in [4.69, 9.17) is 9.52 Å². The maximum absolute atomic E-state index is 13.8. The number of nitrogens with one attached hydrogen (secondary N) is 2. The van der Waals surface area contributed by atoms with E-state index in [0.717, 1.165) is 31.2 Å². The SMILES string of the molecule is O=C(O)CC1CCC(c2ccc(NC(=O)c3nnc(Nc4c(F)cc(F)cc4F)o3)cc2)CC1. The highest BCUT2D eigenvalue weighted by Gasteiger charge is 2.24. The summed E-state index contributed by atoms with van der Waals surface area (Å²) < 4.78 is 45.6. The first-order chi connectivity index (χ1) is 16.3. The number of benzene rings is 2. The summed E-state index contributed by atoms with van der Waals surface area (Å²) in [6.45, 7) is 0. The van der Waals surface area contributed by atoms with Crippen molar-refractivity contribution in [2.24, 2.45) is 5.92 Å². The van der Waals surface area contributed by atoms with E-state index in [-0.39, 0.29) is 12.3 Å². The lowest BCUT2D eigenvalue weighted by molar-refractivity contribution is -0.138. The lowest BCUT2D eigenvalue weighted by Crippen LogP contribution is -2.16. The fourth-order valence-electron chi connectivity index (χ4n) is 4.10. The van der Waals surface area contributed by atoms with Gasteiger partial charge in [0.15, 0.2) is 11.6 Å². The molecule has 1 fully saturated rings. The van der Waals surface area contributed by atoms with Crippen molar-refractivity contribution < 1.29 is 32.3 Å². The van der Waals surface area contributed by atoms with Crippen LogP contribution in [-0.2, 0) is 4.79 Å². The second kappa shape index (κ2) is 9.94. The minimum atomic E-state index is -1.20. The lowest BCUT2D eigenvalue weighted by atomic mass is 9.77. The molecule has 1 aliphatic rings. The van der Waals surface area contributed by atoms with Gasteiger partial charge in [-0.2, -0.15) is 0 Å². The number of hydrogen-bond donors (Lipinski definition) is 3. The summed E-state index contributed by atoms with van der Waals surface area (Å²) in [5.74, 6) is -4.84. The summed E-state index contributed by atoms with van der Waals surface area (Å²) in [6.07, 6.45) is 3.77. The van der Waals surface area contributed by atoms with Gasteiger partial charge in [-0.15, -0.1) is 5.10 Å². The van der Waals surface area contributed by atoms with E-state index in [1.165, 1.54) is 0 Å². The number of rotatable bonds is 7. The third-order valence-corrected chi connectivity index (χ3v) is 5.81. The number of hydrogen-bond acceptors (Lipinski definition) is 6. The first kappa shape index (κ1) is 23.3. The number of carboxylic acid groups (broad SMARTS) is 1. The van der Waals surface area contributed by atoms with E-state index < -0.39 is 46.9 Å². The zero-order valence-electron chi connectivity index (χ0n) is 17.9. The van der Waals surface area contributed by atoms with Crippen LogP contribution >= 0.6 is 0 Å². The van der Waals surface area contributed by atoms with Crippen molar-refractivity contribution in [1.29, 1.82) is 0 Å². The molecule has 34 heavy (non-hydrogen) atoms. The van der Waals surface area contributed by atoms with Gasteiger partial charge in [0.2, 0.25) is 0 Å². The molecule has 1 amide bonds. The van der Waals surface area contributed by atoms with Gasteiger partial charge in [-0.3, -0.25) is 9.59 Å². The third-order valence-electron chi connectivity index (χ3n) is 5.81. The van der Waals surface area contributed by atoms with Crippen LogP contribution in [0.4, 0.5) is 30.6 Å². The molecule has 4 rings (SSSR count). The van der Waals surface area contributed by atoms with Crippen molar-refractivity contribution in [2.45, 2.75) is 38.0 Å². The first-order valence-electron chi connectivity index (χ1n) is 10.7. The van der Waals surface area contributed by atoms with Gasteiger partial charge in [0.1, 0.15) is 11.5 Å². The molecule has 1 saturated carbocycles. The molecule has 2 aromatic carbocycles. The normalized spacial score (nSPS) is 17.9. The number of carboxylic acids is 1. The topological polar surface area (TPSA) is 117 Å². The van der Waals surface area contributed by atoms with E-state index >= 15 is 0 Å². The van der Waals surface area contributed by atoms with Crippen molar-refractivity contribution in [1.82, 2.24) is 10.2 Å². The highest BCUT2D eigenvalue weighted by molar-refractivity contribution is 6.00. The molecular weight excluding hydrogens is 453 g/mol. The number of amides is 1.